The average Bonchev–Trinajstić information content (AvgIpc) is 2.24. The quantitative estimate of drug-likeness (QED) is 0.749. The molecule has 2 fully saturated rings. The number of nitrogens with zero attached hydrogens (tertiary/aromatic N) is 2. The summed E-state index contributed by atoms with van der Waals surface area (Å²) in [5.41, 5.74) is 0. The minimum atomic E-state index is 0.370. The van der Waals surface area contributed by atoms with Gasteiger partial charge in [-0.15, -0.1) is 0 Å². The molecule has 0 N–H and O–H groups in total. The van der Waals surface area contributed by atoms with Crippen LogP contribution in [-0.4, -0.2) is 48.9 Å². The summed E-state index contributed by atoms with van der Waals surface area (Å²) in [5, 5.41) is 0. The molecule has 2 aliphatic rings. The van der Waals surface area contributed by atoms with Crippen molar-refractivity contribution >= 4 is 5.91 Å². The Morgan fingerprint density at radius 2 is 1.94 bits per heavy atom. The molecular formula is C14H26N2O. The number of rotatable bonds is 4. The number of piperidine rings is 1. The third kappa shape index (κ3) is 3.21. The Morgan fingerprint density at radius 3 is 2.53 bits per heavy atom. The Hall–Kier alpha value is -0.570. The van der Waals surface area contributed by atoms with Gasteiger partial charge in [0.2, 0.25) is 5.91 Å². The molecule has 0 aromatic rings. The lowest BCUT2D eigenvalue weighted by atomic mass is 9.83. The molecule has 1 atom stereocenters. The highest BCUT2D eigenvalue weighted by molar-refractivity contribution is 5.80. The van der Waals surface area contributed by atoms with Crippen LogP contribution in [-0.2, 0) is 4.79 Å². The maximum atomic E-state index is 12.3. The third-order valence-corrected chi connectivity index (χ3v) is 4.27. The van der Waals surface area contributed by atoms with E-state index in [0.29, 0.717) is 17.9 Å². The Balaban J connectivity index is 1.88. The molecule has 17 heavy (non-hydrogen) atoms. The van der Waals surface area contributed by atoms with E-state index in [9.17, 15) is 4.79 Å². The predicted molar refractivity (Wildman–Crippen MR) is 69.9 cm³/mol. The summed E-state index contributed by atoms with van der Waals surface area (Å²) in [5.74, 6) is 0.828. The van der Waals surface area contributed by atoms with Crippen molar-refractivity contribution in [2.45, 2.75) is 51.0 Å². The maximum absolute atomic E-state index is 12.3. The van der Waals surface area contributed by atoms with Crippen LogP contribution in [0.1, 0.15) is 44.9 Å². The topological polar surface area (TPSA) is 23.6 Å². The molecule has 0 radical (unpaired) electrons. The molecule has 0 bridgehead atoms. The summed E-state index contributed by atoms with van der Waals surface area (Å²) in [4.78, 5) is 16.8. The highest BCUT2D eigenvalue weighted by atomic mass is 16.2. The lowest BCUT2D eigenvalue weighted by Crippen LogP contribution is -2.48. The zero-order valence-electron chi connectivity index (χ0n) is 11.3. The van der Waals surface area contributed by atoms with Crippen molar-refractivity contribution in [2.24, 2.45) is 5.92 Å². The molecule has 2 rings (SSSR count). The van der Waals surface area contributed by atoms with Gasteiger partial charge in [0, 0.05) is 18.5 Å². The van der Waals surface area contributed by atoms with E-state index in [1.807, 2.05) is 0 Å². The van der Waals surface area contributed by atoms with E-state index in [1.54, 1.807) is 0 Å². The van der Waals surface area contributed by atoms with Gasteiger partial charge >= 0.3 is 0 Å². The van der Waals surface area contributed by atoms with E-state index in [2.05, 4.69) is 23.9 Å². The van der Waals surface area contributed by atoms with Gasteiger partial charge in [0.25, 0.3) is 0 Å². The lowest BCUT2D eigenvalue weighted by Gasteiger charge is -2.40. The Morgan fingerprint density at radius 1 is 1.18 bits per heavy atom. The summed E-state index contributed by atoms with van der Waals surface area (Å²) in [6, 6.07) is 0.513. The van der Waals surface area contributed by atoms with Crippen LogP contribution in [0.4, 0.5) is 0 Å². The van der Waals surface area contributed by atoms with Crippen LogP contribution in [0.5, 0.6) is 0 Å². The molecule has 3 heteroatoms. The van der Waals surface area contributed by atoms with E-state index in [4.69, 9.17) is 0 Å². The zero-order valence-corrected chi connectivity index (χ0v) is 11.3. The number of amides is 1. The molecule has 1 aliphatic carbocycles. The van der Waals surface area contributed by atoms with Gasteiger partial charge in [0.15, 0.2) is 0 Å². The van der Waals surface area contributed by atoms with Gasteiger partial charge in [0.05, 0.1) is 0 Å². The molecule has 98 valence electrons. The fraction of sp³-hybridized carbons (Fsp3) is 0.929. The molecule has 1 saturated carbocycles. The van der Waals surface area contributed by atoms with Gasteiger partial charge in [-0.05, 0) is 59.2 Å². The minimum Gasteiger partial charge on any atom is -0.339 e. The average molecular weight is 238 g/mol. The summed E-state index contributed by atoms with van der Waals surface area (Å²) in [6.07, 6.45) is 8.39. The molecule has 1 heterocycles. The summed E-state index contributed by atoms with van der Waals surface area (Å²) >= 11 is 0. The summed E-state index contributed by atoms with van der Waals surface area (Å²) in [6.45, 7) is 2.10. The van der Waals surface area contributed by atoms with Crippen molar-refractivity contribution in [2.75, 3.05) is 27.2 Å². The summed E-state index contributed by atoms with van der Waals surface area (Å²) in [7, 11) is 4.22. The van der Waals surface area contributed by atoms with Crippen LogP contribution in [0.15, 0.2) is 0 Å². The van der Waals surface area contributed by atoms with Gasteiger partial charge in [-0.25, -0.2) is 0 Å². The first-order chi connectivity index (χ1) is 8.18. The van der Waals surface area contributed by atoms with Crippen LogP contribution in [0.3, 0.4) is 0 Å². The van der Waals surface area contributed by atoms with Crippen LogP contribution < -0.4 is 0 Å². The Kier molecular flexibility index (Phi) is 4.43. The Bertz CT molecular complexity index is 261. The second-order valence-corrected chi connectivity index (χ2v) is 5.90. The molecule has 1 unspecified atom stereocenters. The first kappa shape index (κ1) is 12.9. The van der Waals surface area contributed by atoms with Crippen LogP contribution >= 0.6 is 0 Å². The molecule has 0 aromatic carbocycles. The molecule has 0 spiro atoms. The van der Waals surface area contributed by atoms with E-state index in [-0.39, 0.29) is 0 Å². The molecule has 1 saturated heterocycles. The summed E-state index contributed by atoms with van der Waals surface area (Å²) < 4.78 is 0. The van der Waals surface area contributed by atoms with Crippen LogP contribution in [0, 0.1) is 5.92 Å². The van der Waals surface area contributed by atoms with Crippen molar-refractivity contribution in [1.29, 1.82) is 0 Å². The first-order valence-corrected chi connectivity index (χ1v) is 7.13. The standard InChI is InChI=1S/C14H26N2O/c1-15(2)11-9-13-8-3-4-10-16(13)14(17)12-6-5-7-12/h12-13H,3-11H2,1-2H3. The molecular weight excluding hydrogens is 212 g/mol. The number of carbonyl (C=O) groups excluding carboxylic acids is 1. The van der Waals surface area contributed by atoms with Gasteiger partial charge in [0.1, 0.15) is 0 Å². The SMILES string of the molecule is CN(C)CCC1CCCCN1C(=O)C1CCC1. The molecule has 3 nitrogen and oxygen atoms in total. The van der Waals surface area contributed by atoms with Crippen molar-refractivity contribution in [3.8, 4) is 0 Å². The minimum absolute atomic E-state index is 0.370. The molecule has 0 aromatic heterocycles. The van der Waals surface area contributed by atoms with E-state index in [0.717, 1.165) is 32.4 Å². The van der Waals surface area contributed by atoms with Gasteiger partial charge in [-0.1, -0.05) is 6.42 Å². The fourth-order valence-corrected chi connectivity index (χ4v) is 2.89. The number of hydrogen-bond donors (Lipinski definition) is 0. The second-order valence-electron chi connectivity index (χ2n) is 5.90. The van der Waals surface area contributed by atoms with Gasteiger partial charge < -0.3 is 9.80 Å². The number of hydrogen-bond acceptors (Lipinski definition) is 2. The predicted octanol–water partition coefficient (Wildman–Crippen LogP) is 2.12. The highest BCUT2D eigenvalue weighted by Gasteiger charge is 2.33. The van der Waals surface area contributed by atoms with E-state index >= 15 is 0 Å². The van der Waals surface area contributed by atoms with Gasteiger partial charge in [-0.2, -0.15) is 0 Å². The van der Waals surface area contributed by atoms with Crippen LogP contribution in [0.25, 0.3) is 0 Å². The Labute approximate surface area is 105 Å². The fourth-order valence-electron chi connectivity index (χ4n) is 2.89. The first-order valence-electron chi connectivity index (χ1n) is 7.13. The second kappa shape index (κ2) is 5.85. The van der Waals surface area contributed by atoms with Crippen molar-refractivity contribution in [3.05, 3.63) is 0 Å². The normalized spacial score (nSPS) is 26.1. The molecule has 1 amide bonds. The van der Waals surface area contributed by atoms with Crippen LogP contribution in [0.2, 0.25) is 0 Å². The lowest BCUT2D eigenvalue weighted by molar-refractivity contribution is -0.142. The number of carbonyl (C=O) groups is 1. The largest absolute Gasteiger partial charge is 0.339 e. The highest BCUT2D eigenvalue weighted by Crippen LogP contribution is 2.31. The van der Waals surface area contributed by atoms with Crippen molar-refractivity contribution < 1.29 is 4.79 Å². The smallest absolute Gasteiger partial charge is 0.225 e. The maximum Gasteiger partial charge on any atom is 0.225 e. The zero-order chi connectivity index (χ0) is 12.3. The van der Waals surface area contributed by atoms with E-state index < -0.39 is 0 Å². The van der Waals surface area contributed by atoms with E-state index in [1.165, 1.54) is 25.7 Å². The third-order valence-electron chi connectivity index (χ3n) is 4.27. The molecule has 1 aliphatic heterocycles. The van der Waals surface area contributed by atoms with Gasteiger partial charge in [-0.3, -0.25) is 4.79 Å². The van der Waals surface area contributed by atoms with Crippen molar-refractivity contribution in [3.63, 3.8) is 0 Å². The monoisotopic (exact) mass is 238 g/mol. The van der Waals surface area contributed by atoms with Crippen molar-refractivity contribution in [1.82, 2.24) is 9.80 Å². The number of likely N-dealkylation sites (tertiary alicyclic amines) is 1.